The second kappa shape index (κ2) is 8.37. The minimum absolute atomic E-state index is 0.390. The van der Waals surface area contributed by atoms with Crippen molar-refractivity contribution < 1.29 is 0 Å². The Morgan fingerprint density at radius 2 is 2.18 bits per heavy atom. The zero-order valence-electron chi connectivity index (χ0n) is 7.60. The molecule has 11 heavy (non-hydrogen) atoms. The lowest BCUT2D eigenvalue weighted by Crippen LogP contribution is -2.23. The van der Waals surface area contributed by atoms with E-state index in [1.807, 2.05) is 11.8 Å². The van der Waals surface area contributed by atoms with Gasteiger partial charge in [-0.1, -0.05) is 13.8 Å². The molecule has 0 amide bonds. The summed E-state index contributed by atoms with van der Waals surface area (Å²) in [6.07, 6.45) is 1.09. The molecule has 0 heterocycles. The molecule has 2 nitrogen and oxygen atoms in total. The fourth-order valence-corrected chi connectivity index (χ4v) is 1.67. The number of hydrogen-bond donors (Lipinski definition) is 2. The van der Waals surface area contributed by atoms with Crippen LogP contribution in [0.15, 0.2) is 0 Å². The first-order valence-corrected chi connectivity index (χ1v) is 5.50. The molecule has 0 spiro atoms. The van der Waals surface area contributed by atoms with Crippen LogP contribution in [0.25, 0.3) is 0 Å². The summed E-state index contributed by atoms with van der Waals surface area (Å²) in [5.74, 6) is 2.28. The van der Waals surface area contributed by atoms with E-state index in [2.05, 4.69) is 19.2 Å². The molecular formula is C8H20N2S. The quantitative estimate of drug-likeness (QED) is 0.570. The summed E-state index contributed by atoms with van der Waals surface area (Å²) in [6, 6.07) is 0.390. The summed E-state index contributed by atoms with van der Waals surface area (Å²) in [5.41, 5.74) is 5.75. The fraction of sp³-hybridized carbons (Fsp3) is 1.00. The predicted molar refractivity (Wildman–Crippen MR) is 54.1 cm³/mol. The van der Waals surface area contributed by atoms with Crippen molar-refractivity contribution in [1.29, 1.82) is 0 Å². The van der Waals surface area contributed by atoms with Crippen LogP contribution in [0.1, 0.15) is 20.3 Å². The zero-order valence-corrected chi connectivity index (χ0v) is 8.41. The van der Waals surface area contributed by atoms with E-state index in [1.165, 1.54) is 5.75 Å². The number of rotatable bonds is 7. The molecule has 0 saturated carbocycles. The lowest BCUT2D eigenvalue weighted by atomic mass is 10.3. The third-order valence-electron chi connectivity index (χ3n) is 1.53. The zero-order chi connectivity index (χ0) is 8.53. The lowest BCUT2D eigenvalue weighted by molar-refractivity contribution is 0.722. The molecule has 3 heteroatoms. The highest BCUT2D eigenvalue weighted by Crippen LogP contribution is 2.01. The van der Waals surface area contributed by atoms with E-state index in [0.29, 0.717) is 6.04 Å². The van der Waals surface area contributed by atoms with Gasteiger partial charge in [0.1, 0.15) is 0 Å². The van der Waals surface area contributed by atoms with Crippen LogP contribution in [-0.4, -0.2) is 30.6 Å². The van der Waals surface area contributed by atoms with Gasteiger partial charge in [-0.15, -0.1) is 0 Å². The average Bonchev–Trinajstić information content (AvgIpc) is 2.04. The Kier molecular flexibility index (Phi) is 8.57. The van der Waals surface area contributed by atoms with Crippen molar-refractivity contribution in [1.82, 2.24) is 5.32 Å². The van der Waals surface area contributed by atoms with Crippen LogP contribution >= 0.6 is 11.8 Å². The highest BCUT2D eigenvalue weighted by atomic mass is 32.2. The predicted octanol–water partition coefficient (Wildman–Crippen LogP) is 1.07. The van der Waals surface area contributed by atoms with E-state index in [0.717, 1.165) is 25.3 Å². The molecule has 3 N–H and O–H groups in total. The van der Waals surface area contributed by atoms with Crippen LogP contribution in [-0.2, 0) is 0 Å². The summed E-state index contributed by atoms with van der Waals surface area (Å²) in [4.78, 5) is 0. The van der Waals surface area contributed by atoms with E-state index >= 15 is 0 Å². The Morgan fingerprint density at radius 3 is 2.73 bits per heavy atom. The van der Waals surface area contributed by atoms with E-state index < -0.39 is 0 Å². The van der Waals surface area contributed by atoms with Crippen molar-refractivity contribution in [2.45, 2.75) is 26.3 Å². The molecule has 0 fully saturated rings. The van der Waals surface area contributed by atoms with Gasteiger partial charge in [-0.05, 0) is 13.0 Å². The van der Waals surface area contributed by atoms with Crippen molar-refractivity contribution in [3.05, 3.63) is 0 Å². The maximum Gasteiger partial charge on any atom is 0.0127 e. The SMILES string of the molecule is CCNCCSCC(N)CC. The highest BCUT2D eigenvalue weighted by molar-refractivity contribution is 7.99. The fourth-order valence-electron chi connectivity index (χ4n) is 0.674. The van der Waals surface area contributed by atoms with Gasteiger partial charge in [0.15, 0.2) is 0 Å². The van der Waals surface area contributed by atoms with Crippen molar-refractivity contribution in [3.63, 3.8) is 0 Å². The molecule has 0 rings (SSSR count). The minimum Gasteiger partial charge on any atom is -0.327 e. The maximum absolute atomic E-state index is 5.75. The average molecular weight is 176 g/mol. The molecule has 0 radical (unpaired) electrons. The van der Waals surface area contributed by atoms with Gasteiger partial charge in [0, 0.05) is 24.1 Å². The molecule has 1 atom stereocenters. The van der Waals surface area contributed by atoms with Crippen LogP contribution in [0.3, 0.4) is 0 Å². The van der Waals surface area contributed by atoms with E-state index in [1.54, 1.807) is 0 Å². The number of thioether (sulfide) groups is 1. The summed E-state index contributed by atoms with van der Waals surface area (Å²) in [5, 5.41) is 3.28. The van der Waals surface area contributed by atoms with E-state index in [-0.39, 0.29) is 0 Å². The van der Waals surface area contributed by atoms with Crippen LogP contribution in [0.2, 0.25) is 0 Å². The molecule has 0 aliphatic rings. The van der Waals surface area contributed by atoms with Gasteiger partial charge in [-0.2, -0.15) is 11.8 Å². The summed E-state index contributed by atoms with van der Waals surface area (Å²) >= 11 is 1.94. The monoisotopic (exact) mass is 176 g/mol. The number of hydrogen-bond acceptors (Lipinski definition) is 3. The Labute approximate surface area is 74.3 Å². The molecule has 0 saturated heterocycles. The van der Waals surface area contributed by atoms with Gasteiger partial charge in [-0.25, -0.2) is 0 Å². The highest BCUT2D eigenvalue weighted by Gasteiger charge is 1.97. The van der Waals surface area contributed by atoms with Gasteiger partial charge in [-0.3, -0.25) is 0 Å². The molecule has 68 valence electrons. The second-order valence-corrected chi connectivity index (χ2v) is 3.75. The Bertz CT molecular complexity index is 78.5. The standard InChI is InChI=1S/C8H20N2S/c1-3-8(9)7-11-6-5-10-4-2/h8,10H,3-7,9H2,1-2H3. The first-order valence-electron chi connectivity index (χ1n) is 4.35. The van der Waals surface area contributed by atoms with Gasteiger partial charge >= 0.3 is 0 Å². The van der Waals surface area contributed by atoms with Crippen LogP contribution in [0.4, 0.5) is 0 Å². The molecule has 0 bridgehead atoms. The van der Waals surface area contributed by atoms with Gasteiger partial charge in [0.2, 0.25) is 0 Å². The topological polar surface area (TPSA) is 38.0 Å². The van der Waals surface area contributed by atoms with Gasteiger partial charge < -0.3 is 11.1 Å². The second-order valence-electron chi connectivity index (χ2n) is 2.60. The van der Waals surface area contributed by atoms with Crippen molar-refractivity contribution in [3.8, 4) is 0 Å². The molecule has 0 aromatic rings. The molecule has 0 aromatic carbocycles. The van der Waals surface area contributed by atoms with Crippen LogP contribution < -0.4 is 11.1 Å². The third kappa shape index (κ3) is 8.17. The maximum atomic E-state index is 5.75. The van der Waals surface area contributed by atoms with Crippen LogP contribution in [0.5, 0.6) is 0 Å². The van der Waals surface area contributed by atoms with Gasteiger partial charge in [0.05, 0.1) is 0 Å². The largest absolute Gasteiger partial charge is 0.327 e. The molecule has 0 aromatic heterocycles. The number of nitrogens with one attached hydrogen (secondary N) is 1. The van der Waals surface area contributed by atoms with E-state index in [4.69, 9.17) is 5.73 Å². The van der Waals surface area contributed by atoms with Crippen molar-refractivity contribution in [2.24, 2.45) is 5.73 Å². The van der Waals surface area contributed by atoms with Crippen LogP contribution in [0, 0.1) is 0 Å². The lowest BCUT2D eigenvalue weighted by Gasteiger charge is -2.07. The first kappa shape index (κ1) is 11.3. The molecule has 0 aliphatic carbocycles. The third-order valence-corrected chi connectivity index (χ3v) is 2.69. The summed E-state index contributed by atoms with van der Waals surface area (Å²) in [7, 11) is 0. The smallest absolute Gasteiger partial charge is 0.0127 e. The molecular weight excluding hydrogens is 156 g/mol. The normalized spacial score (nSPS) is 13.4. The van der Waals surface area contributed by atoms with Crippen molar-refractivity contribution in [2.75, 3.05) is 24.6 Å². The minimum atomic E-state index is 0.390. The van der Waals surface area contributed by atoms with Crippen molar-refractivity contribution >= 4 is 11.8 Å². The first-order chi connectivity index (χ1) is 5.31. The molecule has 0 aliphatic heterocycles. The Morgan fingerprint density at radius 1 is 1.45 bits per heavy atom. The Hall–Kier alpha value is 0.270. The van der Waals surface area contributed by atoms with E-state index in [9.17, 15) is 0 Å². The summed E-state index contributed by atoms with van der Waals surface area (Å²) < 4.78 is 0. The molecule has 1 unspecified atom stereocenters. The Balaban J connectivity index is 2.89. The number of nitrogens with two attached hydrogens (primary N) is 1. The summed E-state index contributed by atoms with van der Waals surface area (Å²) in [6.45, 7) is 6.44. The van der Waals surface area contributed by atoms with Gasteiger partial charge in [0.25, 0.3) is 0 Å².